The fourth-order valence-electron chi connectivity index (χ4n) is 6.89. The quantitative estimate of drug-likeness (QED) is 0.196. The molecule has 0 saturated carbocycles. The number of furan rings is 1. The largest absolute Gasteiger partial charge is 0.452 e. The fourth-order valence-corrected chi connectivity index (χ4v) is 8.18. The predicted molar refractivity (Wildman–Crippen MR) is 185 cm³/mol. The Bertz CT molecular complexity index is 2720. The van der Waals surface area contributed by atoms with Gasteiger partial charge in [-0.3, -0.25) is 0 Å². The lowest BCUT2D eigenvalue weighted by molar-refractivity contribution is 0.667. The number of thiophene rings is 1. The topological polar surface area (TPSA) is 38.9 Å². The van der Waals surface area contributed by atoms with E-state index in [1.807, 2.05) is 47.7 Å². The van der Waals surface area contributed by atoms with Gasteiger partial charge in [0.15, 0.2) is 11.4 Å². The summed E-state index contributed by atoms with van der Waals surface area (Å²) < 4.78 is 8.97. The van der Waals surface area contributed by atoms with Crippen molar-refractivity contribution in [1.82, 2.24) is 9.97 Å². The summed E-state index contributed by atoms with van der Waals surface area (Å²) >= 11 is 1.88. The van der Waals surface area contributed by atoms with Gasteiger partial charge >= 0.3 is 0 Å². The Morgan fingerprint density at radius 3 is 2.05 bits per heavy atom. The molecule has 0 aliphatic carbocycles. The van der Waals surface area contributed by atoms with Crippen molar-refractivity contribution in [3.05, 3.63) is 133 Å². The van der Waals surface area contributed by atoms with Crippen molar-refractivity contribution in [2.24, 2.45) is 0 Å². The highest BCUT2D eigenvalue weighted by Gasteiger charge is 2.20. The minimum atomic E-state index is 0.686. The first-order chi connectivity index (χ1) is 21.8. The molecule has 3 nitrogen and oxygen atoms in total. The van der Waals surface area contributed by atoms with Crippen LogP contribution in [0, 0.1) is 0 Å². The summed E-state index contributed by atoms with van der Waals surface area (Å²) in [5.74, 6) is 0.686. The van der Waals surface area contributed by atoms with Gasteiger partial charge in [-0.05, 0) is 56.9 Å². The second-order valence-electron chi connectivity index (χ2n) is 11.3. The maximum Gasteiger partial charge on any atom is 0.180 e. The molecule has 0 atom stereocenters. The minimum absolute atomic E-state index is 0.686. The van der Waals surface area contributed by atoms with Crippen LogP contribution in [-0.2, 0) is 0 Å². The molecule has 0 unspecified atom stereocenters. The van der Waals surface area contributed by atoms with E-state index in [-0.39, 0.29) is 0 Å². The molecular formula is C40H22N2OS. The summed E-state index contributed by atoms with van der Waals surface area (Å²) in [6.45, 7) is 0. The smallest absolute Gasteiger partial charge is 0.180 e. The minimum Gasteiger partial charge on any atom is -0.452 e. The lowest BCUT2D eigenvalue weighted by Gasteiger charge is -2.12. The summed E-state index contributed by atoms with van der Waals surface area (Å²) in [4.78, 5) is 10.2. The molecule has 0 N–H and O–H groups in total. The summed E-state index contributed by atoms with van der Waals surface area (Å²) in [6.07, 6.45) is 0. The second-order valence-corrected chi connectivity index (χ2v) is 12.4. The molecule has 204 valence electrons. The zero-order chi connectivity index (χ0) is 28.8. The Hall–Kier alpha value is -5.58. The van der Waals surface area contributed by atoms with E-state index in [9.17, 15) is 0 Å². The van der Waals surface area contributed by atoms with Gasteiger partial charge in [0.1, 0.15) is 16.8 Å². The van der Waals surface area contributed by atoms with Gasteiger partial charge in [-0.15, -0.1) is 11.3 Å². The number of hydrogen-bond donors (Lipinski definition) is 0. The van der Waals surface area contributed by atoms with Crippen LogP contribution >= 0.6 is 11.3 Å². The highest BCUT2D eigenvalue weighted by Crippen LogP contribution is 2.48. The third-order valence-electron chi connectivity index (χ3n) is 8.85. The Balaban J connectivity index is 1.22. The zero-order valence-electron chi connectivity index (χ0n) is 23.4. The average Bonchev–Trinajstić information content (AvgIpc) is 3.67. The van der Waals surface area contributed by atoms with Gasteiger partial charge in [-0.2, -0.15) is 0 Å². The van der Waals surface area contributed by atoms with Crippen LogP contribution in [0.4, 0.5) is 0 Å². The van der Waals surface area contributed by atoms with Gasteiger partial charge in [0, 0.05) is 36.7 Å². The summed E-state index contributed by atoms with van der Waals surface area (Å²) in [5.41, 5.74) is 7.53. The Labute approximate surface area is 256 Å². The third-order valence-corrected chi connectivity index (χ3v) is 10.0. The lowest BCUT2D eigenvalue weighted by Crippen LogP contribution is -1.94. The van der Waals surface area contributed by atoms with Crippen LogP contribution in [0.5, 0.6) is 0 Å². The van der Waals surface area contributed by atoms with Crippen molar-refractivity contribution in [3.8, 4) is 33.8 Å². The Morgan fingerprint density at radius 1 is 0.500 bits per heavy atom. The summed E-state index contributed by atoms with van der Waals surface area (Å²) in [6, 6.07) is 47.1. The van der Waals surface area contributed by atoms with E-state index in [2.05, 4.69) is 97.1 Å². The van der Waals surface area contributed by atoms with E-state index in [1.54, 1.807) is 0 Å². The molecule has 0 bridgehead atoms. The van der Waals surface area contributed by atoms with Crippen LogP contribution in [0.25, 0.3) is 97.6 Å². The van der Waals surface area contributed by atoms with E-state index in [0.717, 1.165) is 38.9 Å². The number of benzene rings is 7. The van der Waals surface area contributed by atoms with Crippen molar-refractivity contribution in [3.63, 3.8) is 0 Å². The van der Waals surface area contributed by atoms with Crippen molar-refractivity contribution in [2.45, 2.75) is 0 Å². The second kappa shape index (κ2) is 8.96. The third kappa shape index (κ3) is 3.31. The average molecular weight is 579 g/mol. The molecule has 7 aromatic carbocycles. The zero-order valence-corrected chi connectivity index (χ0v) is 24.2. The van der Waals surface area contributed by atoms with Crippen LogP contribution in [-0.4, -0.2) is 9.97 Å². The van der Waals surface area contributed by atoms with Gasteiger partial charge in [0.25, 0.3) is 0 Å². The molecule has 0 amide bonds. The van der Waals surface area contributed by atoms with Crippen molar-refractivity contribution in [1.29, 1.82) is 0 Å². The molecule has 3 aromatic heterocycles. The lowest BCUT2D eigenvalue weighted by atomic mass is 9.92. The van der Waals surface area contributed by atoms with Crippen LogP contribution in [0.1, 0.15) is 0 Å². The molecule has 0 aliphatic heterocycles. The van der Waals surface area contributed by atoms with Gasteiger partial charge in [-0.25, -0.2) is 9.97 Å². The van der Waals surface area contributed by atoms with Crippen LogP contribution in [0.3, 0.4) is 0 Å². The summed E-state index contributed by atoms with van der Waals surface area (Å²) in [5, 5.41) is 8.97. The number of aromatic nitrogens is 2. The van der Waals surface area contributed by atoms with Crippen LogP contribution in [0.15, 0.2) is 138 Å². The highest BCUT2D eigenvalue weighted by molar-refractivity contribution is 7.26. The van der Waals surface area contributed by atoms with E-state index in [1.165, 1.54) is 47.3 Å². The maximum absolute atomic E-state index is 6.33. The number of hydrogen-bond acceptors (Lipinski definition) is 4. The molecule has 10 rings (SSSR count). The monoisotopic (exact) mass is 578 g/mol. The van der Waals surface area contributed by atoms with Crippen molar-refractivity contribution in [2.75, 3.05) is 0 Å². The van der Waals surface area contributed by atoms with Gasteiger partial charge in [-0.1, -0.05) is 109 Å². The number of para-hydroxylation sites is 1. The van der Waals surface area contributed by atoms with Crippen molar-refractivity contribution < 1.29 is 4.42 Å². The summed E-state index contributed by atoms with van der Waals surface area (Å²) in [7, 11) is 0. The molecule has 4 heteroatoms. The number of fused-ring (bicyclic) bond motifs is 6. The van der Waals surface area contributed by atoms with Gasteiger partial charge in [0.2, 0.25) is 0 Å². The van der Waals surface area contributed by atoms with E-state index >= 15 is 0 Å². The van der Waals surface area contributed by atoms with Crippen LogP contribution < -0.4 is 0 Å². The standard InChI is InChI=1S/C40H22N2OS/c1-2-10-23(11-3-1)36-38-37(31-16-6-7-18-32(31)43-38)42-40(41-36)25-13-8-12-24(22-25)26-20-21-30-28-15-5-4-14-27(28)29-17-9-19-33-34(29)35(30)39(26)44-33/h1-22H. The highest BCUT2D eigenvalue weighted by atomic mass is 32.1. The van der Waals surface area contributed by atoms with E-state index in [0.29, 0.717) is 11.4 Å². The first-order valence-corrected chi connectivity index (χ1v) is 15.6. The van der Waals surface area contributed by atoms with Gasteiger partial charge < -0.3 is 4.42 Å². The van der Waals surface area contributed by atoms with Crippen molar-refractivity contribution >= 4 is 75.1 Å². The molecule has 44 heavy (non-hydrogen) atoms. The molecule has 0 spiro atoms. The first kappa shape index (κ1) is 23.9. The number of nitrogens with zero attached hydrogens (tertiary/aromatic N) is 2. The molecule has 0 radical (unpaired) electrons. The molecule has 0 saturated heterocycles. The maximum atomic E-state index is 6.33. The number of rotatable bonds is 3. The molecule has 10 aromatic rings. The molecular weight excluding hydrogens is 557 g/mol. The first-order valence-electron chi connectivity index (χ1n) is 14.8. The Kier molecular flexibility index (Phi) is 4.87. The van der Waals surface area contributed by atoms with E-state index < -0.39 is 0 Å². The van der Waals surface area contributed by atoms with Crippen LogP contribution in [0.2, 0.25) is 0 Å². The molecule has 3 heterocycles. The van der Waals surface area contributed by atoms with Gasteiger partial charge in [0.05, 0.1) is 0 Å². The SMILES string of the molecule is c1ccc(-c2nc(-c3cccc(-c4ccc5c6ccccc6c6cccc7sc4c5c76)c3)nc3c2oc2ccccc23)cc1. The van der Waals surface area contributed by atoms with E-state index in [4.69, 9.17) is 14.4 Å². The molecule has 0 fully saturated rings. The molecule has 0 aliphatic rings. The predicted octanol–water partition coefficient (Wildman–Crippen LogP) is 11.5. The fraction of sp³-hybridized carbons (Fsp3) is 0. The Morgan fingerprint density at radius 2 is 1.18 bits per heavy atom. The normalized spacial score (nSPS) is 12.1.